The van der Waals surface area contributed by atoms with Gasteiger partial charge in [-0.2, -0.15) is 0 Å². The fourth-order valence-electron chi connectivity index (χ4n) is 2.96. The number of hydrogen-bond donors (Lipinski definition) is 1. The second-order valence-electron chi connectivity index (χ2n) is 5.90. The van der Waals surface area contributed by atoms with E-state index in [0.717, 1.165) is 11.0 Å². The van der Waals surface area contributed by atoms with Gasteiger partial charge in [-0.25, -0.2) is 9.13 Å². The molecule has 0 fully saturated rings. The Morgan fingerprint density at radius 1 is 1.15 bits per heavy atom. The number of para-hydroxylation sites is 2. The average Bonchev–Trinajstić information content (AvgIpc) is 3.02. The molecule has 0 radical (unpaired) electrons. The Morgan fingerprint density at radius 3 is 2.63 bits per heavy atom. The number of amides is 1. The van der Waals surface area contributed by atoms with Gasteiger partial charge in [-0.1, -0.05) is 18.7 Å². The lowest BCUT2D eigenvalue weighted by Gasteiger charge is -2.12. The van der Waals surface area contributed by atoms with Crippen LogP contribution in [0.5, 0.6) is 11.5 Å². The highest BCUT2D eigenvalue weighted by molar-refractivity contribution is 5.90. The molecule has 0 unspecified atom stereocenters. The number of carbonyl (C=O) groups is 1. The van der Waals surface area contributed by atoms with Crippen LogP contribution in [-0.2, 0) is 11.3 Å². The minimum absolute atomic E-state index is 0.126. The summed E-state index contributed by atoms with van der Waals surface area (Å²) >= 11 is 0. The number of hydrogen-bond acceptors (Lipinski definition) is 3. The summed E-state index contributed by atoms with van der Waals surface area (Å²) in [6.45, 7) is 8.91. The molecule has 0 saturated carbocycles. The zero-order chi connectivity index (χ0) is 19.2. The highest BCUT2D eigenvalue weighted by Gasteiger charge is 2.17. The third kappa shape index (κ3) is 4.11. The number of carbonyl (C=O) groups excluding carboxylic acids is 1. The summed E-state index contributed by atoms with van der Waals surface area (Å²) in [6, 6.07) is 13.3. The molecule has 1 aromatic heterocycles. The minimum atomic E-state index is -0.126. The molecule has 1 N–H and O–H groups in total. The van der Waals surface area contributed by atoms with Crippen molar-refractivity contribution in [2.45, 2.75) is 20.4 Å². The molecule has 2 aromatic carbocycles. The van der Waals surface area contributed by atoms with Gasteiger partial charge in [0, 0.05) is 11.8 Å². The molecular weight excluding hydrogens is 342 g/mol. The van der Waals surface area contributed by atoms with Crippen molar-refractivity contribution in [3.8, 4) is 11.5 Å². The van der Waals surface area contributed by atoms with Crippen LogP contribution in [0, 0.1) is 0 Å². The Balaban J connectivity index is 1.78. The lowest BCUT2D eigenvalue weighted by Crippen LogP contribution is -2.39. The van der Waals surface area contributed by atoms with Crippen molar-refractivity contribution in [3.05, 3.63) is 55.4 Å². The van der Waals surface area contributed by atoms with Crippen molar-refractivity contribution >= 4 is 28.8 Å². The first kappa shape index (κ1) is 18.5. The third-order valence-corrected chi connectivity index (χ3v) is 4.07. The monoisotopic (exact) mass is 366 g/mol. The van der Waals surface area contributed by atoms with Gasteiger partial charge in [0.05, 0.1) is 19.4 Å². The molecule has 140 valence electrons. The highest BCUT2D eigenvalue weighted by atomic mass is 16.5. The van der Waals surface area contributed by atoms with E-state index in [1.165, 1.54) is 0 Å². The Bertz CT molecular complexity index is 962. The van der Waals surface area contributed by atoms with E-state index in [1.54, 1.807) is 18.3 Å². The summed E-state index contributed by atoms with van der Waals surface area (Å²) < 4.78 is 15.0. The van der Waals surface area contributed by atoms with Crippen molar-refractivity contribution in [1.82, 2.24) is 4.57 Å². The normalized spacial score (nSPS) is 10.6. The van der Waals surface area contributed by atoms with Gasteiger partial charge in [-0.15, -0.1) is 0 Å². The Labute approximate surface area is 158 Å². The summed E-state index contributed by atoms with van der Waals surface area (Å²) in [7, 11) is 0. The van der Waals surface area contributed by atoms with Crippen LogP contribution in [0.1, 0.15) is 13.8 Å². The second kappa shape index (κ2) is 8.40. The van der Waals surface area contributed by atoms with E-state index in [-0.39, 0.29) is 12.5 Å². The Hall–Kier alpha value is -3.28. The number of ether oxygens (including phenoxy) is 2. The molecule has 0 aliphatic heterocycles. The molecule has 0 atom stereocenters. The van der Waals surface area contributed by atoms with Gasteiger partial charge in [0.1, 0.15) is 0 Å². The largest absolute Gasteiger partial charge is 0.490 e. The number of nitrogens with zero attached hydrogens (tertiary/aromatic N) is 2. The fourth-order valence-corrected chi connectivity index (χ4v) is 2.96. The number of rotatable bonds is 8. The fraction of sp³-hybridized carbons (Fsp3) is 0.238. The van der Waals surface area contributed by atoms with Crippen LogP contribution in [0.2, 0.25) is 0 Å². The van der Waals surface area contributed by atoms with Crippen molar-refractivity contribution < 1.29 is 18.8 Å². The van der Waals surface area contributed by atoms with Crippen molar-refractivity contribution in [3.63, 3.8) is 0 Å². The summed E-state index contributed by atoms with van der Waals surface area (Å²) in [5, 5.41) is 2.92. The summed E-state index contributed by atoms with van der Waals surface area (Å²) in [5.74, 6) is 1.16. The molecular formula is C21H24N3O3+. The topological polar surface area (TPSA) is 56.4 Å². The number of anilines is 1. The first-order chi connectivity index (χ1) is 13.2. The summed E-state index contributed by atoms with van der Waals surface area (Å²) in [5.41, 5.74) is 2.63. The molecule has 27 heavy (non-hydrogen) atoms. The van der Waals surface area contributed by atoms with Crippen molar-refractivity contribution in [1.29, 1.82) is 0 Å². The van der Waals surface area contributed by atoms with E-state index in [2.05, 4.69) is 11.9 Å². The van der Waals surface area contributed by atoms with E-state index in [1.807, 2.05) is 59.6 Å². The smallest absolute Gasteiger partial charge is 0.266 e. The molecule has 0 aliphatic rings. The number of nitrogens with one attached hydrogen (secondary N) is 1. The molecule has 0 spiro atoms. The molecule has 3 rings (SSSR count). The third-order valence-electron chi connectivity index (χ3n) is 4.07. The van der Waals surface area contributed by atoms with Crippen molar-refractivity contribution in [2.24, 2.45) is 0 Å². The Kier molecular flexibility index (Phi) is 5.76. The van der Waals surface area contributed by atoms with E-state index >= 15 is 0 Å². The molecule has 0 saturated heterocycles. The summed E-state index contributed by atoms with van der Waals surface area (Å²) in [6.07, 6.45) is 3.58. The van der Waals surface area contributed by atoms with Gasteiger partial charge in [0.2, 0.25) is 6.33 Å². The molecule has 1 amide bonds. The van der Waals surface area contributed by atoms with Gasteiger partial charge in [-0.05, 0) is 38.1 Å². The first-order valence-corrected chi connectivity index (χ1v) is 8.97. The van der Waals surface area contributed by atoms with Crippen LogP contribution >= 0.6 is 0 Å². The maximum atomic E-state index is 12.6. The average molecular weight is 366 g/mol. The van der Waals surface area contributed by atoms with Gasteiger partial charge < -0.3 is 14.8 Å². The SMILES string of the molecule is C=Cn1c[n+](CC(=O)Nc2ccc(OCC)c(OCC)c2)c2ccccc21. The minimum Gasteiger partial charge on any atom is -0.490 e. The predicted molar refractivity (Wildman–Crippen MR) is 106 cm³/mol. The van der Waals surface area contributed by atoms with E-state index < -0.39 is 0 Å². The van der Waals surface area contributed by atoms with Gasteiger partial charge in [0.15, 0.2) is 29.1 Å². The number of fused-ring (bicyclic) bond motifs is 1. The van der Waals surface area contributed by atoms with Crippen LogP contribution in [0.4, 0.5) is 5.69 Å². The maximum absolute atomic E-state index is 12.6. The molecule has 1 heterocycles. The number of benzene rings is 2. The van der Waals surface area contributed by atoms with E-state index in [4.69, 9.17) is 9.47 Å². The maximum Gasteiger partial charge on any atom is 0.266 e. The number of aromatic nitrogens is 2. The van der Waals surface area contributed by atoms with Gasteiger partial charge >= 0.3 is 0 Å². The zero-order valence-electron chi connectivity index (χ0n) is 15.6. The van der Waals surface area contributed by atoms with Gasteiger partial charge in [-0.3, -0.25) is 4.79 Å². The van der Waals surface area contributed by atoms with E-state index in [9.17, 15) is 4.79 Å². The molecule has 6 nitrogen and oxygen atoms in total. The molecule has 3 aromatic rings. The number of imidazole rings is 1. The van der Waals surface area contributed by atoms with Crippen LogP contribution in [-0.4, -0.2) is 23.7 Å². The van der Waals surface area contributed by atoms with Gasteiger partial charge in [0.25, 0.3) is 5.91 Å². The predicted octanol–water partition coefficient (Wildman–Crippen LogP) is 3.47. The van der Waals surface area contributed by atoms with Crippen LogP contribution in [0.15, 0.2) is 55.4 Å². The lowest BCUT2D eigenvalue weighted by molar-refractivity contribution is -0.658. The van der Waals surface area contributed by atoms with Crippen LogP contribution in [0.25, 0.3) is 17.2 Å². The van der Waals surface area contributed by atoms with Crippen molar-refractivity contribution in [2.75, 3.05) is 18.5 Å². The zero-order valence-corrected chi connectivity index (χ0v) is 15.6. The Morgan fingerprint density at radius 2 is 1.89 bits per heavy atom. The van der Waals surface area contributed by atoms with Crippen LogP contribution in [0.3, 0.4) is 0 Å². The quantitative estimate of drug-likeness (QED) is 0.621. The summed E-state index contributed by atoms with van der Waals surface area (Å²) in [4.78, 5) is 12.6. The molecule has 0 aliphatic carbocycles. The molecule has 6 heteroatoms. The standard InChI is InChI=1S/C21H23N3O3/c1-4-23-15-24(18-10-8-7-9-17(18)23)14-21(25)22-16-11-12-19(26-5-2)20(13-16)27-6-3/h4,7-13,15H,1,5-6,14H2,2-3H3/p+1. The molecule has 0 bridgehead atoms. The van der Waals surface area contributed by atoms with Crippen LogP contribution < -0.4 is 19.4 Å². The highest BCUT2D eigenvalue weighted by Crippen LogP contribution is 2.30. The first-order valence-electron chi connectivity index (χ1n) is 8.97. The second-order valence-corrected chi connectivity index (χ2v) is 5.90. The lowest BCUT2D eigenvalue weighted by atomic mass is 10.2. The van der Waals surface area contributed by atoms with E-state index in [0.29, 0.717) is 30.4 Å².